The Morgan fingerprint density at radius 3 is 2.85 bits per heavy atom. The Morgan fingerprint density at radius 1 is 1.20 bits per heavy atom. The Bertz CT molecular complexity index is 1600. The minimum Gasteiger partial charge on any atom is -0.345 e. The summed E-state index contributed by atoms with van der Waals surface area (Å²) in [7, 11) is -1.70. The van der Waals surface area contributed by atoms with Crippen LogP contribution in [0.15, 0.2) is 46.8 Å². The molecular weight excluding hydrogens is 609 g/mol. The molecule has 1 saturated heterocycles. The van der Waals surface area contributed by atoms with E-state index in [2.05, 4.69) is 28.4 Å². The van der Waals surface area contributed by atoms with Crippen molar-refractivity contribution in [2.75, 3.05) is 33.2 Å². The first-order valence-electron chi connectivity index (χ1n) is 13.1. The second-order valence-corrected chi connectivity index (χ2v) is 14.7. The number of thiophene rings is 1. The quantitative estimate of drug-likeness (QED) is 0.297. The maximum absolute atomic E-state index is 13.8. The van der Waals surface area contributed by atoms with Crippen LogP contribution in [0.1, 0.15) is 38.1 Å². The van der Waals surface area contributed by atoms with E-state index in [-0.39, 0.29) is 42.5 Å². The molecule has 40 heavy (non-hydrogen) atoms. The number of sulfonamides is 1. The fourth-order valence-electron chi connectivity index (χ4n) is 5.42. The number of likely N-dealkylation sites (N-methyl/N-ethyl adjacent to an activating group) is 1. The van der Waals surface area contributed by atoms with Crippen molar-refractivity contribution in [3.63, 3.8) is 0 Å². The molecule has 4 aromatic rings. The first kappa shape index (κ1) is 29.5. The van der Waals surface area contributed by atoms with Crippen LogP contribution in [0.3, 0.4) is 0 Å². The lowest BCUT2D eigenvalue weighted by Crippen LogP contribution is -2.56. The summed E-state index contributed by atoms with van der Waals surface area (Å²) in [6.45, 7) is 2.57. The number of fused-ring (bicyclic) bond motifs is 2. The van der Waals surface area contributed by atoms with Crippen molar-refractivity contribution < 1.29 is 13.2 Å². The molecule has 0 aliphatic carbocycles. The summed E-state index contributed by atoms with van der Waals surface area (Å²) in [5, 5.41) is 4.03. The molecule has 6 rings (SSSR count). The average Bonchev–Trinajstić information content (AvgIpc) is 3.67. The monoisotopic (exact) mass is 639 g/mol. The molecule has 5 heterocycles. The standard InChI is InChI=1S/C27H30ClN5O3S3.ClH/c1-31-10-9-23-24(17-31)38-26(30-23)27(34)33-12-11-32(16-20(33)4-2-5-21-6-3-13-37-21)39(35,36)25-15-18-14-19(28)7-8-22(18)29-25;/h3,6-8,13-15,20,29H,2,4-5,9-12,16-17H2,1H3;1H. The molecule has 1 unspecified atom stereocenters. The fraction of sp³-hybridized carbons (Fsp3) is 0.407. The smallest absolute Gasteiger partial charge is 0.283 e. The summed E-state index contributed by atoms with van der Waals surface area (Å²) in [6.07, 6.45) is 3.34. The summed E-state index contributed by atoms with van der Waals surface area (Å²) >= 11 is 9.32. The van der Waals surface area contributed by atoms with E-state index in [1.54, 1.807) is 35.6 Å². The minimum absolute atomic E-state index is 0. The maximum Gasteiger partial charge on any atom is 0.283 e. The molecule has 8 nitrogen and oxygen atoms in total. The Kier molecular flexibility index (Phi) is 8.91. The third-order valence-electron chi connectivity index (χ3n) is 7.53. The van der Waals surface area contributed by atoms with Gasteiger partial charge in [-0.2, -0.15) is 4.31 Å². The van der Waals surface area contributed by atoms with E-state index in [1.165, 1.54) is 20.5 Å². The highest BCUT2D eigenvalue weighted by Gasteiger charge is 2.38. The predicted molar refractivity (Wildman–Crippen MR) is 164 cm³/mol. The first-order chi connectivity index (χ1) is 18.8. The number of amides is 1. The lowest BCUT2D eigenvalue weighted by atomic mass is 10.1. The zero-order chi connectivity index (χ0) is 27.1. The summed E-state index contributed by atoms with van der Waals surface area (Å²) in [5.74, 6) is -0.0875. The van der Waals surface area contributed by atoms with Crippen molar-refractivity contribution in [1.29, 1.82) is 0 Å². The van der Waals surface area contributed by atoms with Crippen LogP contribution < -0.4 is 0 Å². The van der Waals surface area contributed by atoms with Gasteiger partial charge in [0.25, 0.3) is 15.9 Å². The van der Waals surface area contributed by atoms with Crippen LogP contribution in [0.4, 0.5) is 0 Å². The molecule has 1 fully saturated rings. The Labute approximate surface area is 253 Å². The molecule has 1 N–H and O–H groups in total. The van der Waals surface area contributed by atoms with Crippen LogP contribution in [0, 0.1) is 0 Å². The first-order valence-corrected chi connectivity index (χ1v) is 16.6. The molecule has 13 heteroatoms. The van der Waals surface area contributed by atoms with Gasteiger partial charge in [-0.1, -0.05) is 17.7 Å². The van der Waals surface area contributed by atoms with E-state index >= 15 is 0 Å². The van der Waals surface area contributed by atoms with E-state index in [0.717, 1.165) is 53.8 Å². The number of hydrogen-bond donors (Lipinski definition) is 1. The third kappa shape index (κ3) is 5.97. The zero-order valence-electron chi connectivity index (χ0n) is 22.0. The maximum atomic E-state index is 13.8. The molecule has 0 spiro atoms. The van der Waals surface area contributed by atoms with E-state index < -0.39 is 10.0 Å². The average molecular weight is 641 g/mol. The van der Waals surface area contributed by atoms with Gasteiger partial charge in [0.1, 0.15) is 5.03 Å². The molecule has 2 aliphatic rings. The SMILES string of the molecule is CN1CCc2nc(C(=O)N3CCN(S(=O)(=O)c4cc5cc(Cl)ccc5[nH]4)CC3CCCc3cccs3)sc2C1.Cl. The number of thiazole rings is 1. The predicted octanol–water partition coefficient (Wildman–Crippen LogP) is 5.29. The highest BCUT2D eigenvalue weighted by Crippen LogP contribution is 2.30. The van der Waals surface area contributed by atoms with Crippen molar-refractivity contribution in [2.24, 2.45) is 0 Å². The van der Waals surface area contributed by atoms with E-state index in [4.69, 9.17) is 16.6 Å². The van der Waals surface area contributed by atoms with Gasteiger partial charge in [-0.25, -0.2) is 13.4 Å². The number of carbonyl (C=O) groups is 1. The number of aryl methyl sites for hydroxylation is 1. The van der Waals surface area contributed by atoms with Gasteiger partial charge in [0.15, 0.2) is 5.01 Å². The number of nitrogens with one attached hydrogen (secondary N) is 1. The van der Waals surface area contributed by atoms with Crippen LogP contribution in [0.25, 0.3) is 10.9 Å². The number of aromatic nitrogens is 2. The van der Waals surface area contributed by atoms with Gasteiger partial charge in [-0.3, -0.25) is 4.79 Å². The topological polar surface area (TPSA) is 89.6 Å². The largest absolute Gasteiger partial charge is 0.345 e. The summed E-state index contributed by atoms with van der Waals surface area (Å²) in [6, 6.07) is 10.8. The highest BCUT2D eigenvalue weighted by atomic mass is 35.5. The highest BCUT2D eigenvalue weighted by molar-refractivity contribution is 7.89. The van der Waals surface area contributed by atoms with Crippen molar-refractivity contribution in [3.05, 3.63) is 67.3 Å². The van der Waals surface area contributed by atoms with Crippen molar-refractivity contribution >= 4 is 73.5 Å². The van der Waals surface area contributed by atoms with E-state index in [1.807, 2.05) is 11.0 Å². The van der Waals surface area contributed by atoms with Gasteiger partial charge in [0.2, 0.25) is 0 Å². The molecule has 1 atom stereocenters. The van der Waals surface area contributed by atoms with Gasteiger partial charge >= 0.3 is 0 Å². The van der Waals surface area contributed by atoms with Crippen LogP contribution in [0.2, 0.25) is 5.02 Å². The zero-order valence-corrected chi connectivity index (χ0v) is 26.0. The minimum atomic E-state index is -3.78. The lowest BCUT2D eigenvalue weighted by Gasteiger charge is -2.40. The fourth-order valence-corrected chi connectivity index (χ4v) is 8.98. The molecule has 1 amide bonds. The normalized spacial score (nSPS) is 18.6. The third-order valence-corrected chi connectivity index (χ3v) is 11.6. The van der Waals surface area contributed by atoms with Gasteiger partial charge in [0.05, 0.1) is 5.69 Å². The Morgan fingerprint density at radius 2 is 2.05 bits per heavy atom. The van der Waals surface area contributed by atoms with Gasteiger partial charge in [-0.15, -0.1) is 35.1 Å². The number of carbonyl (C=O) groups excluding carboxylic acids is 1. The number of nitrogens with zero attached hydrogens (tertiary/aromatic N) is 4. The molecule has 0 radical (unpaired) electrons. The molecular formula is C27H31Cl2N5O3S3. The van der Waals surface area contributed by atoms with Gasteiger partial charge in [0, 0.05) is 70.9 Å². The van der Waals surface area contributed by atoms with Crippen molar-refractivity contribution in [1.82, 2.24) is 24.1 Å². The molecule has 3 aromatic heterocycles. The molecule has 214 valence electrons. The van der Waals surface area contributed by atoms with Crippen molar-refractivity contribution in [3.8, 4) is 0 Å². The Hall–Kier alpha value is -1.99. The van der Waals surface area contributed by atoms with E-state index in [0.29, 0.717) is 23.0 Å². The second kappa shape index (κ2) is 12.1. The molecule has 0 saturated carbocycles. The number of hydrogen-bond acceptors (Lipinski definition) is 7. The number of benzene rings is 1. The van der Waals surface area contributed by atoms with Crippen LogP contribution in [-0.2, 0) is 29.4 Å². The van der Waals surface area contributed by atoms with Gasteiger partial charge < -0.3 is 14.8 Å². The lowest BCUT2D eigenvalue weighted by molar-refractivity contribution is 0.0547. The Balaban J connectivity index is 0.00000323. The number of piperazine rings is 1. The van der Waals surface area contributed by atoms with Crippen LogP contribution in [0.5, 0.6) is 0 Å². The number of aromatic amines is 1. The number of halogens is 2. The summed E-state index contributed by atoms with van der Waals surface area (Å²) < 4.78 is 28.9. The van der Waals surface area contributed by atoms with Crippen molar-refractivity contribution in [2.45, 2.75) is 43.3 Å². The summed E-state index contributed by atoms with van der Waals surface area (Å²) in [5.41, 5.74) is 1.74. The second-order valence-electron chi connectivity index (χ2n) is 10.2. The summed E-state index contributed by atoms with van der Waals surface area (Å²) in [4.78, 5) is 28.1. The molecule has 1 aromatic carbocycles. The number of rotatable bonds is 7. The number of H-pyrrole nitrogens is 1. The van der Waals surface area contributed by atoms with Crippen LogP contribution >= 0.6 is 46.7 Å². The van der Waals surface area contributed by atoms with Crippen LogP contribution in [-0.4, -0.2) is 77.7 Å². The molecule has 0 bridgehead atoms. The van der Waals surface area contributed by atoms with E-state index in [9.17, 15) is 13.2 Å². The van der Waals surface area contributed by atoms with Gasteiger partial charge in [-0.05, 0) is 62.0 Å². The molecule has 2 aliphatic heterocycles.